The molecule has 1 aliphatic carbocycles. The van der Waals surface area contributed by atoms with E-state index in [2.05, 4.69) is 4.74 Å². The number of rotatable bonds is 1. The average Bonchev–Trinajstić information content (AvgIpc) is 2.67. The fourth-order valence-electron chi connectivity index (χ4n) is 2.36. The minimum Gasteiger partial charge on any atom is -0.472 e. The molecule has 0 bridgehead atoms. The summed E-state index contributed by atoms with van der Waals surface area (Å²) in [6, 6.07) is 0. The van der Waals surface area contributed by atoms with Crippen molar-refractivity contribution in [1.29, 1.82) is 0 Å². The van der Waals surface area contributed by atoms with Crippen molar-refractivity contribution in [3.63, 3.8) is 0 Å². The minimum atomic E-state index is -0.754. The summed E-state index contributed by atoms with van der Waals surface area (Å²) in [5.41, 5.74) is 0.570. The fourth-order valence-corrected chi connectivity index (χ4v) is 2.36. The van der Waals surface area contributed by atoms with Crippen molar-refractivity contribution in [3.8, 4) is 0 Å². The van der Waals surface area contributed by atoms with Gasteiger partial charge in [-0.1, -0.05) is 6.42 Å². The molecule has 1 fully saturated rings. The second kappa shape index (κ2) is 3.61. The quantitative estimate of drug-likeness (QED) is 0.633. The Kier molecular flexibility index (Phi) is 2.46. The first-order valence-electron chi connectivity index (χ1n) is 4.86. The molecule has 0 amide bonds. The number of hydrogen-bond acceptors (Lipinski definition) is 4. The summed E-state index contributed by atoms with van der Waals surface area (Å²) in [6.45, 7) is 0. The van der Waals surface area contributed by atoms with Crippen LogP contribution in [0.15, 0.2) is 11.8 Å². The number of aliphatic hydroxyl groups excluding tert-OH is 1. The Morgan fingerprint density at radius 3 is 3.14 bits per heavy atom. The predicted octanol–water partition coefficient (Wildman–Crippen LogP) is 0.808. The zero-order valence-electron chi connectivity index (χ0n) is 8.10. The topological polar surface area (TPSA) is 55.8 Å². The molecule has 3 atom stereocenters. The van der Waals surface area contributed by atoms with Gasteiger partial charge in [0.2, 0.25) is 0 Å². The highest BCUT2D eigenvalue weighted by molar-refractivity contribution is 5.88. The van der Waals surface area contributed by atoms with E-state index in [1.807, 2.05) is 0 Å². The molecule has 0 saturated heterocycles. The number of carbonyl (C=O) groups excluding carboxylic acids is 1. The zero-order valence-corrected chi connectivity index (χ0v) is 8.10. The lowest BCUT2D eigenvalue weighted by Gasteiger charge is -2.29. The lowest BCUT2D eigenvalue weighted by atomic mass is 9.87. The summed E-state index contributed by atoms with van der Waals surface area (Å²) in [5.74, 6) is -0.158. The van der Waals surface area contributed by atoms with Gasteiger partial charge < -0.3 is 14.6 Å². The molecule has 14 heavy (non-hydrogen) atoms. The van der Waals surface area contributed by atoms with E-state index < -0.39 is 6.29 Å². The third-order valence-corrected chi connectivity index (χ3v) is 3.09. The van der Waals surface area contributed by atoms with Gasteiger partial charge in [-0.2, -0.15) is 0 Å². The van der Waals surface area contributed by atoms with Crippen molar-refractivity contribution in [2.24, 2.45) is 11.8 Å². The van der Waals surface area contributed by atoms with Gasteiger partial charge >= 0.3 is 5.97 Å². The molecule has 78 valence electrons. The van der Waals surface area contributed by atoms with Crippen molar-refractivity contribution in [3.05, 3.63) is 11.8 Å². The maximum absolute atomic E-state index is 11.4. The van der Waals surface area contributed by atoms with Crippen LogP contribution in [0, 0.1) is 11.8 Å². The molecule has 1 aliphatic heterocycles. The Labute approximate surface area is 82.5 Å². The van der Waals surface area contributed by atoms with E-state index in [0.29, 0.717) is 5.57 Å². The van der Waals surface area contributed by atoms with Crippen molar-refractivity contribution < 1.29 is 19.4 Å². The Morgan fingerprint density at radius 1 is 1.64 bits per heavy atom. The second-order valence-electron chi connectivity index (χ2n) is 3.79. The molecule has 1 heterocycles. The molecule has 0 aromatic carbocycles. The van der Waals surface area contributed by atoms with Crippen LogP contribution in [0.1, 0.15) is 19.3 Å². The number of methoxy groups -OCH3 is 1. The maximum atomic E-state index is 11.4. The standard InChI is InChI=1S/C10H14O4/c1-13-9(11)8-5-14-10(12)7-4-2-3-6(7)8/h5-7,10,12H,2-4H2,1H3/t6-,7+,10?/m0/s1. The molecule has 2 aliphatic rings. The molecule has 0 radical (unpaired) electrons. The number of esters is 1. The Morgan fingerprint density at radius 2 is 2.43 bits per heavy atom. The van der Waals surface area contributed by atoms with E-state index in [-0.39, 0.29) is 17.8 Å². The van der Waals surface area contributed by atoms with E-state index in [1.165, 1.54) is 13.4 Å². The predicted molar refractivity (Wildman–Crippen MR) is 48.0 cm³/mol. The van der Waals surface area contributed by atoms with Crippen LogP contribution in [-0.2, 0) is 14.3 Å². The third kappa shape index (κ3) is 1.39. The van der Waals surface area contributed by atoms with Crippen LogP contribution < -0.4 is 0 Å². The highest BCUT2D eigenvalue weighted by atomic mass is 16.6. The van der Waals surface area contributed by atoms with Crippen LogP contribution in [0.2, 0.25) is 0 Å². The van der Waals surface area contributed by atoms with Crippen LogP contribution in [0.25, 0.3) is 0 Å². The van der Waals surface area contributed by atoms with Crippen molar-refractivity contribution in [1.82, 2.24) is 0 Å². The molecule has 2 rings (SSSR count). The van der Waals surface area contributed by atoms with Gasteiger partial charge in [-0.3, -0.25) is 0 Å². The molecular weight excluding hydrogens is 184 g/mol. The molecule has 4 heteroatoms. The van der Waals surface area contributed by atoms with Gasteiger partial charge in [0.1, 0.15) is 0 Å². The summed E-state index contributed by atoms with van der Waals surface area (Å²) in [6.07, 6.45) is 3.48. The smallest absolute Gasteiger partial charge is 0.337 e. The van der Waals surface area contributed by atoms with Gasteiger partial charge in [-0.15, -0.1) is 0 Å². The first-order valence-corrected chi connectivity index (χ1v) is 4.86. The van der Waals surface area contributed by atoms with E-state index in [9.17, 15) is 9.90 Å². The molecule has 0 spiro atoms. The summed E-state index contributed by atoms with van der Waals surface area (Å²) in [7, 11) is 1.36. The van der Waals surface area contributed by atoms with E-state index in [1.54, 1.807) is 0 Å². The van der Waals surface area contributed by atoms with Gasteiger partial charge in [-0.05, 0) is 12.8 Å². The van der Waals surface area contributed by atoms with Gasteiger partial charge in [0.05, 0.1) is 18.9 Å². The van der Waals surface area contributed by atoms with Crippen LogP contribution in [-0.4, -0.2) is 24.5 Å². The number of fused-ring (bicyclic) bond motifs is 1. The average molecular weight is 198 g/mol. The van der Waals surface area contributed by atoms with Crippen LogP contribution in [0.5, 0.6) is 0 Å². The number of ether oxygens (including phenoxy) is 2. The van der Waals surface area contributed by atoms with E-state index in [0.717, 1.165) is 19.3 Å². The monoisotopic (exact) mass is 198 g/mol. The van der Waals surface area contributed by atoms with Crippen molar-refractivity contribution >= 4 is 5.97 Å². The number of hydrogen-bond donors (Lipinski definition) is 1. The van der Waals surface area contributed by atoms with Crippen LogP contribution in [0.3, 0.4) is 0 Å². The first kappa shape index (κ1) is 9.52. The summed E-state index contributed by atoms with van der Waals surface area (Å²) in [5, 5.41) is 9.53. The first-order chi connectivity index (χ1) is 6.74. The van der Waals surface area contributed by atoms with Crippen molar-refractivity contribution in [2.75, 3.05) is 7.11 Å². The largest absolute Gasteiger partial charge is 0.472 e. The molecule has 1 unspecified atom stereocenters. The summed E-state index contributed by atoms with van der Waals surface area (Å²) >= 11 is 0. The molecule has 4 nitrogen and oxygen atoms in total. The highest BCUT2D eigenvalue weighted by Crippen LogP contribution is 2.42. The fraction of sp³-hybridized carbons (Fsp3) is 0.700. The second-order valence-corrected chi connectivity index (χ2v) is 3.79. The normalized spacial score (nSPS) is 35.6. The van der Waals surface area contributed by atoms with E-state index in [4.69, 9.17) is 4.74 Å². The lowest BCUT2D eigenvalue weighted by molar-refractivity contribution is -0.142. The zero-order chi connectivity index (χ0) is 10.1. The van der Waals surface area contributed by atoms with Gasteiger partial charge in [-0.25, -0.2) is 4.79 Å². The summed E-state index contributed by atoms with van der Waals surface area (Å²) < 4.78 is 9.68. The van der Waals surface area contributed by atoms with Gasteiger partial charge in [0, 0.05) is 11.8 Å². The Hall–Kier alpha value is -1.03. The highest BCUT2D eigenvalue weighted by Gasteiger charge is 2.41. The van der Waals surface area contributed by atoms with Crippen LogP contribution in [0.4, 0.5) is 0 Å². The van der Waals surface area contributed by atoms with Crippen molar-refractivity contribution in [2.45, 2.75) is 25.6 Å². The van der Waals surface area contributed by atoms with E-state index >= 15 is 0 Å². The minimum absolute atomic E-state index is 0.0640. The molecular formula is C10H14O4. The molecule has 1 saturated carbocycles. The van der Waals surface area contributed by atoms with Gasteiger partial charge in [0.15, 0.2) is 6.29 Å². The van der Waals surface area contributed by atoms with Gasteiger partial charge in [0.25, 0.3) is 0 Å². The third-order valence-electron chi connectivity index (χ3n) is 3.09. The molecule has 0 aromatic heterocycles. The SMILES string of the molecule is COC(=O)C1=COC(O)[C@@H]2CCC[C@H]12. The maximum Gasteiger partial charge on any atom is 0.337 e. The Bertz CT molecular complexity index is 271. The Balaban J connectivity index is 2.21. The van der Waals surface area contributed by atoms with Crippen LogP contribution >= 0.6 is 0 Å². The molecule has 0 aromatic rings. The lowest BCUT2D eigenvalue weighted by Crippen LogP contribution is -2.33. The molecule has 1 N–H and O–H groups in total. The number of carbonyl (C=O) groups is 1. The number of aliphatic hydroxyl groups is 1. The summed E-state index contributed by atoms with van der Waals surface area (Å²) in [4.78, 5) is 11.4.